The van der Waals surface area contributed by atoms with Crippen molar-refractivity contribution >= 4 is 17.3 Å². The molecule has 1 saturated carbocycles. The zero-order valence-electron chi connectivity index (χ0n) is 13.7. The van der Waals surface area contributed by atoms with Gasteiger partial charge in [0, 0.05) is 12.2 Å². The highest BCUT2D eigenvalue weighted by Crippen LogP contribution is 2.38. The number of nitrogens with zero attached hydrogens (tertiary/aromatic N) is 1. The van der Waals surface area contributed by atoms with Gasteiger partial charge >= 0.3 is 0 Å². The molecule has 1 heterocycles. The molecular weight excluding hydrogens is 300 g/mol. The fourth-order valence-corrected chi connectivity index (χ4v) is 3.52. The van der Waals surface area contributed by atoms with E-state index in [-0.39, 0.29) is 11.5 Å². The fraction of sp³-hybridized carbons (Fsp3) is 0.350. The number of anilines is 2. The third-order valence-electron chi connectivity index (χ3n) is 5.01. The lowest BCUT2D eigenvalue weighted by atomic mass is 9.79. The van der Waals surface area contributed by atoms with Crippen LogP contribution in [0.3, 0.4) is 0 Å². The number of hydrogen-bond acceptors (Lipinski definition) is 3. The second-order valence-electron chi connectivity index (χ2n) is 6.65. The lowest BCUT2D eigenvalue weighted by Gasteiger charge is -2.48. The molecule has 4 rings (SSSR count). The smallest absolute Gasteiger partial charge is 0.256 e. The number of amides is 1. The molecule has 1 N–H and O–H groups in total. The zero-order valence-corrected chi connectivity index (χ0v) is 13.7. The minimum atomic E-state index is -0.0737. The second kappa shape index (κ2) is 6.29. The van der Waals surface area contributed by atoms with Gasteiger partial charge in [0.1, 0.15) is 0 Å². The molecule has 1 amide bonds. The second-order valence-corrected chi connectivity index (χ2v) is 6.65. The summed E-state index contributed by atoms with van der Waals surface area (Å²) in [6.07, 6.45) is 3.34. The quantitative estimate of drug-likeness (QED) is 0.934. The van der Waals surface area contributed by atoms with Gasteiger partial charge in [0.25, 0.3) is 5.91 Å². The maximum absolute atomic E-state index is 13.1. The molecule has 1 saturated heterocycles. The van der Waals surface area contributed by atoms with E-state index in [0.717, 1.165) is 29.8 Å². The highest BCUT2D eigenvalue weighted by Gasteiger charge is 2.43. The van der Waals surface area contributed by atoms with E-state index in [1.54, 1.807) is 0 Å². The van der Waals surface area contributed by atoms with Crippen molar-refractivity contribution in [2.24, 2.45) is 0 Å². The van der Waals surface area contributed by atoms with Crippen molar-refractivity contribution in [3.63, 3.8) is 0 Å². The first kappa shape index (κ1) is 15.2. The molecule has 2 fully saturated rings. The van der Waals surface area contributed by atoms with Gasteiger partial charge in [-0.05, 0) is 43.5 Å². The van der Waals surface area contributed by atoms with Crippen LogP contribution in [0.1, 0.15) is 29.6 Å². The molecule has 124 valence electrons. The number of benzene rings is 2. The number of hydrogen-bond donors (Lipinski definition) is 1. The Kier molecular flexibility index (Phi) is 3.98. The van der Waals surface area contributed by atoms with E-state index in [1.807, 2.05) is 59.5 Å². The Bertz CT molecular complexity index is 725. The van der Waals surface area contributed by atoms with Gasteiger partial charge in [0.2, 0.25) is 0 Å². The average Bonchev–Trinajstić information content (AvgIpc) is 2.61. The molecule has 0 radical (unpaired) electrons. The molecule has 0 atom stereocenters. The molecule has 2 aromatic rings. The van der Waals surface area contributed by atoms with Crippen LogP contribution in [-0.2, 0) is 4.74 Å². The van der Waals surface area contributed by atoms with Crippen molar-refractivity contribution < 1.29 is 9.53 Å². The van der Waals surface area contributed by atoms with Gasteiger partial charge in [0.05, 0.1) is 30.0 Å². The van der Waals surface area contributed by atoms with Crippen LogP contribution in [0.15, 0.2) is 54.6 Å². The van der Waals surface area contributed by atoms with Gasteiger partial charge in [-0.25, -0.2) is 0 Å². The Hall–Kier alpha value is -2.33. The van der Waals surface area contributed by atoms with Gasteiger partial charge in [-0.3, -0.25) is 4.79 Å². The number of carbonyl (C=O) groups excluding carboxylic acids is 1. The number of para-hydroxylation sites is 2. The Morgan fingerprint density at radius 2 is 1.79 bits per heavy atom. The number of morpholine rings is 1. The van der Waals surface area contributed by atoms with Crippen molar-refractivity contribution in [2.75, 3.05) is 25.0 Å². The van der Waals surface area contributed by atoms with Crippen LogP contribution < -0.4 is 5.32 Å². The highest BCUT2D eigenvalue weighted by atomic mass is 16.5. The van der Waals surface area contributed by atoms with Crippen LogP contribution in [0.4, 0.5) is 11.4 Å². The molecule has 1 aliphatic carbocycles. The van der Waals surface area contributed by atoms with Crippen molar-refractivity contribution in [2.45, 2.75) is 24.9 Å². The summed E-state index contributed by atoms with van der Waals surface area (Å²) in [6.45, 7) is 2.02. The Balaban J connectivity index is 1.56. The Labute approximate surface area is 142 Å². The Morgan fingerprint density at radius 1 is 1.04 bits per heavy atom. The van der Waals surface area contributed by atoms with Gasteiger partial charge < -0.3 is 15.0 Å². The standard InChI is InChI=1S/C20H22N2O2/c23-19(22-13-14-24-20(15-22)11-6-12-20)17-9-4-5-10-18(17)21-16-7-2-1-3-8-16/h1-5,7-10,21H,6,11-15H2. The molecule has 4 nitrogen and oxygen atoms in total. The summed E-state index contributed by atoms with van der Waals surface area (Å²) < 4.78 is 5.93. The zero-order chi connectivity index (χ0) is 16.4. The molecular formula is C20H22N2O2. The fourth-order valence-electron chi connectivity index (χ4n) is 3.52. The number of rotatable bonds is 3. The van der Waals surface area contributed by atoms with Crippen LogP contribution in [0.5, 0.6) is 0 Å². The van der Waals surface area contributed by atoms with E-state index < -0.39 is 0 Å². The van der Waals surface area contributed by atoms with Crippen molar-refractivity contribution in [3.05, 3.63) is 60.2 Å². The van der Waals surface area contributed by atoms with Crippen molar-refractivity contribution in [1.29, 1.82) is 0 Å². The lowest BCUT2D eigenvalue weighted by Crippen LogP contribution is -2.57. The lowest BCUT2D eigenvalue weighted by molar-refractivity contribution is -0.142. The SMILES string of the molecule is O=C(c1ccccc1Nc1ccccc1)N1CCOC2(CCC2)C1. The minimum Gasteiger partial charge on any atom is -0.371 e. The first-order valence-electron chi connectivity index (χ1n) is 8.60. The maximum atomic E-state index is 13.1. The summed E-state index contributed by atoms with van der Waals surface area (Å²) in [7, 11) is 0. The van der Waals surface area contributed by atoms with E-state index >= 15 is 0 Å². The molecule has 2 aliphatic rings. The van der Waals surface area contributed by atoms with Crippen LogP contribution in [0, 0.1) is 0 Å². The normalized spacial score (nSPS) is 18.9. The largest absolute Gasteiger partial charge is 0.371 e. The van der Waals surface area contributed by atoms with Crippen LogP contribution in [0.2, 0.25) is 0 Å². The van der Waals surface area contributed by atoms with Gasteiger partial charge in [-0.15, -0.1) is 0 Å². The van der Waals surface area contributed by atoms with Gasteiger partial charge in [0.15, 0.2) is 0 Å². The number of carbonyl (C=O) groups is 1. The van der Waals surface area contributed by atoms with E-state index in [9.17, 15) is 4.79 Å². The van der Waals surface area contributed by atoms with Gasteiger partial charge in [-0.1, -0.05) is 30.3 Å². The highest BCUT2D eigenvalue weighted by molar-refractivity contribution is 6.00. The van der Waals surface area contributed by atoms with Crippen LogP contribution in [0.25, 0.3) is 0 Å². The molecule has 24 heavy (non-hydrogen) atoms. The first-order chi connectivity index (χ1) is 11.8. The third-order valence-corrected chi connectivity index (χ3v) is 5.01. The van der Waals surface area contributed by atoms with Crippen molar-refractivity contribution in [3.8, 4) is 0 Å². The van der Waals surface area contributed by atoms with Crippen molar-refractivity contribution in [1.82, 2.24) is 4.90 Å². The van der Waals surface area contributed by atoms with E-state index in [1.165, 1.54) is 6.42 Å². The molecule has 0 bridgehead atoms. The predicted molar refractivity (Wildman–Crippen MR) is 94.6 cm³/mol. The summed E-state index contributed by atoms with van der Waals surface area (Å²) in [5, 5.41) is 3.36. The van der Waals surface area contributed by atoms with Crippen LogP contribution >= 0.6 is 0 Å². The van der Waals surface area contributed by atoms with Gasteiger partial charge in [-0.2, -0.15) is 0 Å². The number of ether oxygens (including phenoxy) is 1. The molecule has 2 aromatic carbocycles. The first-order valence-corrected chi connectivity index (χ1v) is 8.60. The van der Waals surface area contributed by atoms with E-state index in [4.69, 9.17) is 4.74 Å². The summed E-state index contributed by atoms with van der Waals surface area (Å²) in [5.74, 6) is 0.0867. The third kappa shape index (κ3) is 2.89. The predicted octanol–water partition coefficient (Wildman–Crippen LogP) is 3.83. The molecule has 1 aliphatic heterocycles. The molecule has 0 unspecified atom stereocenters. The minimum absolute atomic E-state index is 0.0737. The summed E-state index contributed by atoms with van der Waals surface area (Å²) in [4.78, 5) is 15.0. The van der Waals surface area contributed by atoms with Crippen LogP contribution in [-0.4, -0.2) is 36.1 Å². The van der Waals surface area contributed by atoms with E-state index in [0.29, 0.717) is 19.7 Å². The molecule has 0 aromatic heterocycles. The summed E-state index contributed by atoms with van der Waals surface area (Å²) in [6, 6.07) is 17.7. The Morgan fingerprint density at radius 3 is 2.54 bits per heavy atom. The van der Waals surface area contributed by atoms with E-state index in [2.05, 4.69) is 5.32 Å². The maximum Gasteiger partial charge on any atom is 0.256 e. The summed E-state index contributed by atoms with van der Waals surface area (Å²) >= 11 is 0. The average molecular weight is 322 g/mol. The number of nitrogens with one attached hydrogen (secondary N) is 1. The molecule has 4 heteroatoms. The molecule has 1 spiro atoms. The summed E-state index contributed by atoms with van der Waals surface area (Å²) in [5.41, 5.74) is 2.48. The monoisotopic (exact) mass is 322 g/mol. The topological polar surface area (TPSA) is 41.6 Å².